The van der Waals surface area contributed by atoms with Crippen LogP contribution in [0.1, 0.15) is 31.2 Å². The minimum absolute atomic E-state index is 0.0107. The van der Waals surface area contributed by atoms with Crippen LogP contribution in [0.4, 0.5) is 8.78 Å². The highest BCUT2D eigenvalue weighted by atomic mass is 19.3. The molecule has 1 aromatic rings. The lowest BCUT2D eigenvalue weighted by molar-refractivity contribution is -0.121. The molecular weight excluding hydrogens is 278 g/mol. The van der Waals surface area contributed by atoms with Gasteiger partial charge in [-0.15, -0.1) is 0 Å². The van der Waals surface area contributed by atoms with Gasteiger partial charge in [0.2, 0.25) is 5.91 Å². The maximum atomic E-state index is 12.0. The van der Waals surface area contributed by atoms with E-state index in [-0.39, 0.29) is 11.7 Å². The standard InChI is InChI=1S/C15H20F2N2O2/c16-15(17)21-13-6-3-11(4-7-13)10-19-14(20)8-5-12-2-1-9-18-12/h3-4,6-7,12,15,18H,1-2,5,8-10H2,(H,19,20). The number of alkyl halides is 2. The van der Waals surface area contributed by atoms with Crippen LogP contribution in [0.3, 0.4) is 0 Å². The summed E-state index contributed by atoms with van der Waals surface area (Å²) in [5.74, 6) is 0.129. The number of amides is 1. The molecule has 21 heavy (non-hydrogen) atoms. The summed E-state index contributed by atoms with van der Waals surface area (Å²) in [4.78, 5) is 11.7. The summed E-state index contributed by atoms with van der Waals surface area (Å²) in [6.45, 7) is -1.38. The van der Waals surface area contributed by atoms with Crippen molar-refractivity contribution in [2.45, 2.75) is 44.9 Å². The molecular formula is C15H20F2N2O2. The zero-order valence-corrected chi connectivity index (χ0v) is 11.8. The summed E-state index contributed by atoms with van der Waals surface area (Å²) >= 11 is 0. The van der Waals surface area contributed by atoms with Gasteiger partial charge in [-0.2, -0.15) is 8.78 Å². The molecule has 4 nitrogen and oxygen atoms in total. The molecule has 0 saturated carbocycles. The summed E-state index contributed by atoms with van der Waals surface area (Å²) in [6.07, 6.45) is 3.68. The van der Waals surface area contributed by atoms with E-state index in [2.05, 4.69) is 15.4 Å². The molecule has 0 spiro atoms. The number of carbonyl (C=O) groups is 1. The molecule has 6 heteroatoms. The Bertz CT molecular complexity index is 445. The fourth-order valence-electron chi connectivity index (χ4n) is 2.39. The van der Waals surface area contributed by atoms with Crippen molar-refractivity contribution in [3.63, 3.8) is 0 Å². The molecule has 116 valence electrons. The first-order valence-electron chi connectivity index (χ1n) is 7.17. The van der Waals surface area contributed by atoms with E-state index in [9.17, 15) is 13.6 Å². The van der Waals surface area contributed by atoms with Gasteiger partial charge in [-0.05, 0) is 43.5 Å². The largest absolute Gasteiger partial charge is 0.435 e. The van der Waals surface area contributed by atoms with Crippen LogP contribution in [-0.2, 0) is 11.3 Å². The first-order valence-corrected chi connectivity index (χ1v) is 7.17. The first-order chi connectivity index (χ1) is 10.1. The van der Waals surface area contributed by atoms with Crippen molar-refractivity contribution in [3.8, 4) is 5.75 Å². The molecule has 1 saturated heterocycles. The summed E-state index contributed by atoms with van der Waals surface area (Å²) in [6, 6.07) is 6.72. The Labute approximate surface area is 122 Å². The average Bonchev–Trinajstić information content (AvgIpc) is 2.97. The average molecular weight is 298 g/mol. The zero-order chi connectivity index (χ0) is 15.1. The van der Waals surface area contributed by atoms with Crippen LogP contribution in [0.15, 0.2) is 24.3 Å². The monoisotopic (exact) mass is 298 g/mol. The number of carbonyl (C=O) groups excluding carboxylic acids is 1. The van der Waals surface area contributed by atoms with E-state index < -0.39 is 6.61 Å². The Hall–Kier alpha value is -1.69. The van der Waals surface area contributed by atoms with Crippen molar-refractivity contribution in [3.05, 3.63) is 29.8 Å². The Balaban J connectivity index is 1.68. The smallest absolute Gasteiger partial charge is 0.387 e. The van der Waals surface area contributed by atoms with Gasteiger partial charge in [0.1, 0.15) is 5.75 Å². The van der Waals surface area contributed by atoms with Crippen molar-refractivity contribution in [1.29, 1.82) is 0 Å². The van der Waals surface area contributed by atoms with Crippen LogP contribution < -0.4 is 15.4 Å². The van der Waals surface area contributed by atoms with Crippen molar-refractivity contribution < 1.29 is 18.3 Å². The fourth-order valence-corrected chi connectivity index (χ4v) is 2.39. The molecule has 1 heterocycles. The Morgan fingerprint density at radius 1 is 1.38 bits per heavy atom. The fraction of sp³-hybridized carbons (Fsp3) is 0.533. The molecule has 0 bridgehead atoms. The highest BCUT2D eigenvalue weighted by Crippen LogP contribution is 2.15. The van der Waals surface area contributed by atoms with Gasteiger partial charge >= 0.3 is 6.61 Å². The van der Waals surface area contributed by atoms with E-state index >= 15 is 0 Å². The molecule has 1 aromatic carbocycles. The predicted octanol–water partition coefficient (Wildman–Crippen LogP) is 2.44. The van der Waals surface area contributed by atoms with Crippen molar-refractivity contribution >= 4 is 5.91 Å². The molecule has 0 radical (unpaired) electrons. The minimum atomic E-state index is -2.82. The van der Waals surface area contributed by atoms with Crippen LogP contribution >= 0.6 is 0 Å². The first kappa shape index (κ1) is 15.7. The van der Waals surface area contributed by atoms with Crippen molar-refractivity contribution in [2.24, 2.45) is 0 Å². The second-order valence-electron chi connectivity index (χ2n) is 5.13. The quantitative estimate of drug-likeness (QED) is 0.813. The van der Waals surface area contributed by atoms with Gasteiger partial charge in [-0.3, -0.25) is 4.79 Å². The van der Waals surface area contributed by atoms with Crippen molar-refractivity contribution in [1.82, 2.24) is 10.6 Å². The molecule has 1 fully saturated rings. The highest BCUT2D eigenvalue weighted by molar-refractivity contribution is 5.75. The minimum Gasteiger partial charge on any atom is -0.435 e. The summed E-state index contributed by atoms with van der Waals surface area (Å²) in [5.41, 5.74) is 0.851. The van der Waals surface area contributed by atoms with E-state index in [0.717, 1.165) is 24.9 Å². The third-order valence-electron chi connectivity index (χ3n) is 3.52. The van der Waals surface area contributed by atoms with Crippen LogP contribution in [0.5, 0.6) is 5.75 Å². The third-order valence-corrected chi connectivity index (χ3v) is 3.52. The van der Waals surface area contributed by atoms with Gasteiger partial charge in [0.15, 0.2) is 0 Å². The number of hydrogen-bond acceptors (Lipinski definition) is 3. The van der Waals surface area contributed by atoms with Gasteiger partial charge in [0.05, 0.1) is 0 Å². The summed E-state index contributed by atoms with van der Waals surface area (Å²) < 4.78 is 28.3. The van der Waals surface area contributed by atoms with E-state index in [1.165, 1.54) is 18.6 Å². The Morgan fingerprint density at radius 2 is 2.14 bits per heavy atom. The van der Waals surface area contributed by atoms with E-state index in [1.54, 1.807) is 12.1 Å². The van der Waals surface area contributed by atoms with Crippen LogP contribution in [0.25, 0.3) is 0 Å². The maximum absolute atomic E-state index is 12.0. The lowest BCUT2D eigenvalue weighted by Crippen LogP contribution is -2.27. The molecule has 1 aliphatic heterocycles. The van der Waals surface area contributed by atoms with Crippen LogP contribution in [-0.4, -0.2) is 25.1 Å². The van der Waals surface area contributed by atoms with Gasteiger partial charge < -0.3 is 15.4 Å². The number of hydrogen-bond donors (Lipinski definition) is 2. The normalized spacial score (nSPS) is 18.0. The molecule has 1 aliphatic rings. The number of benzene rings is 1. The molecule has 0 aliphatic carbocycles. The molecule has 1 unspecified atom stereocenters. The molecule has 1 amide bonds. The van der Waals surface area contributed by atoms with Gasteiger partial charge in [0.25, 0.3) is 0 Å². The summed E-state index contributed by atoms with van der Waals surface area (Å²) in [7, 11) is 0. The number of ether oxygens (including phenoxy) is 1. The van der Waals surface area contributed by atoms with E-state index in [1.807, 2.05) is 0 Å². The van der Waals surface area contributed by atoms with Gasteiger partial charge in [0, 0.05) is 19.0 Å². The van der Waals surface area contributed by atoms with Crippen LogP contribution in [0.2, 0.25) is 0 Å². The number of nitrogens with one attached hydrogen (secondary N) is 2. The Morgan fingerprint density at radius 3 is 2.76 bits per heavy atom. The molecule has 2 rings (SSSR count). The van der Waals surface area contributed by atoms with E-state index in [4.69, 9.17) is 0 Å². The van der Waals surface area contributed by atoms with Crippen molar-refractivity contribution in [2.75, 3.05) is 6.54 Å². The molecule has 0 aromatic heterocycles. The molecule has 2 N–H and O–H groups in total. The molecule has 1 atom stereocenters. The zero-order valence-electron chi connectivity index (χ0n) is 11.8. The third kappa shape index (κ3) is 5.67. The predicted molar refractivity (Wildman–Crippen MR) is 75.2 cm³/mol. The Kier molecular flexibility index (Phi) is 5.92. The second-order valence-corrected chi connectivity index (χ2v) is 5.13. The topological polar surface area (TPSA) is 50.4 Å². The number of halogens is 2. The lowest BCUT2D eigenvalue weighted by atomic mass is 10.1. The number of rotatable bonds is 7. The summed E-state index contributed by atoms with van der Waals surface area (Å²) in [5, 5.41) is 6.18. The van der Waals surface area contributed by atoms with Crippen LogP contribution in [0, 0.1) is 0 Å². The second kappa shape index (κ2) is 7.93. The van der Waals surface area contributed by atoms with Gasteiger partial charge in [-0.25, -0.2) is 0 Å². The maximum Gasteiger partial charge on any atom is 0.387 e. The van der Waals surface area contributed by atoms with E-state index in [0.29, 0.717) is 19.0 Å². The van der Waals surface area contributed by atoms with Gasteiger partial charge in [-0.1, -0.05) is 12.1 Å². The SMILES string of the molecule is O=C(CCC1CCCN1)NCc1ccc(OC(F)F)cc1. The lowest BCUT2D eigenvalue weighted by Gasteiger charge is -2.10. The highest BCUT2D eigenvalue weighted by Gasteiger charge is 2.15.